The molecule has 0 radical (unpaired) electrons. The molecule has 280 valence electrons. The zero-order valence-corrected chi connectivity index (χ0v) is 29.0. The van der Waals surface area contributed by atoms with Gasteiger partial charge in [-0.15, -0.1) is 0 Å². The first-order valence-electron chi connectivity index (χ1n) is 16.9. The van der Waals surface area contributed by atoms with E-state index in [0.29, 0.717) is 131 Å². The molecule has 2 fully saturated rings. The van der Waals surface area contributed by atoms with E-state index < -0.39 is 5.97 Å². The summed E-state index contributed by atoms with van der Waals surface area (Å²) in [7, 11) is 0. The number of carbonyl (C=O) groups excluding carboxylic acids is 2. The van der Waals surface area contributed by atoms with Gasteiger partial charge in [-0.25, -0.2) is 4.79 Å². The topological polar surface area (TPSA) is 191 Å². The largest absolute Gasteiger partial charge is 0.481 e. The van der Waals surface area contributed by atoms with Crippen molar-refractivity contribution >= 4 is 29.7 Å². The average Bonchev–Trinajstić information content (AvgIpc) is 3.62. The maximum Gasteiger partial charge on any atom is 0.315 e. The SMILES string of the molecule is O=C(O)CCOCCOCCOCCOCCOCCOCCOCCOCCOCCNC(=O)CCCCC1SCC2NC(=O)NC21. The van der Waals surface area contributed by atoms with E-state index >= 15 is 0 Å². The molecule has 0 aromatic carbocycles. The van der Waals surface area contributed by atoms with Gasteiger partial charge in [-0.2, -0.15) is 11.8 Å². The molecular formula is C31H57N3O13S. The Balaban J connectivity index is 1.17. The van der Waals surface area contributed by atoms with Crippen LogP contribution in [0.15, 0.2) is 0 Å². The number of rotatable bonds is 35. The summed E-state index contributed by atoms with van der Waals surface area (Å²) in [6, 6.07) is 0.400. The van der Waals surface area contributed by atoms with E-state index in [9.17, 15) is 14.4 Å². The minimum absolute atomic E-state index is 0.00638. The highest BCUT2D eigenvalue weighted by Gasteiger charge is 2.42. The van der Waals surface area contributed by atoms with Crippen molar-refractivity contribution in [3.8, 4) is 0 Å². The number of ether oxygens (including phenoxy) is 9. The van der Waals surface area contributed by atoms with Gasteiger partial charge in [-0.1, -0.05) is 6.42 Å². The second-order valence-electron chi connectivity index (χ2n) is 10.9. The molecule has 16 nitrogen and oxygen atoms in total. The molecule has 3 atom stereocenters. The number of carbonyl (C=O) groups is 3. The highest BCUT2D eigenvalue weighted by Crippen LogP contribution is 2.33. The van der Waals surface area contributed by atoms with Gasteiger partial charge < -0.3 is 63.7 Å². The normalized spacial score (nSPS) is 18.5. The van der Waals surface area contributed by atoms with Crippen molar-refractivity contribution in [1.82, 2.24) is 16.0 Å². The Morgan fingerprint density at radius 3 is 1.52 bits per heavy atom. The van der Waals surface area contributed by atoms with E-state index in [0.717, 1.165) is 25.0 Å². The molecule has 3 amide bonds. The molecular weight excluding hydrogens is 654 g/mol. The Bertz CT molecular complexity index is 833. The zero-order chi connectivity index (χ0) is 34.3. The summed E-state index contributed by atoms with van der Waals surface area (Å²) in [5, 5.41) is 17.8. The second kappa shape index (κ2) is 30.1. The molecule has 0 saturated carbocycles. The van der Waals surface area contributed by atoms with Crippen molar-refractivity contribution in [2.45, 2.75) is 49.4 Å². The highest BCUT2D eigenvalue weighted by molar-refractivity contribution is 8.00. The number of aliphatic carboxylic acids is 1. The number of carboxylic acid groups (broad SMARTS) is 1. The molecule has 2 aliphatic rings. The van der Waals surface area contributed by atoms with Crippen LogP contribution in [-0.4, -0.2) is 172 Å². The van der Waals surface area contributed by atoms with E-state index in [1.807, 2.05) is 11.8 Å². The number of thioether (sulfide) groups is 1. The van der Waals surface area contributed by atoms with Crippen LogP contribution in [0.2, 0.25) is 0 Å². The van der Waals surface area contributed by atoms with Crippen LogP contribution < -0.4 is 16.0 Å². The Morgan fingerprint density at radius 2 is 1.06 bits per heavy atom. The molecule has 3 unspecified atom stereocenters. The van der Waals surface area contributed by atoms with E-state index in [1.165, 1.54) is 0 Å². The lowest BCUT2D eigenvalue weighted by molar-refractivity contribution is -0.138. The van der Waals surface area contributed by atoms with E-state index in [1.54, 1.807) is 0 Å². The first kappa shape index (κ1) is 42.4. The molecule has 17 heteroatoms. The van der Waals surface area contributed by atoms with Crippen molar-refractivity contribution in [2.75, 3.05) is 131 Å². The predicted molar refractivity (Wildman–Crippen MR) is 177 cm³/mol. The van der Waals surface area contributed by atoms with Crippen molar-refractivity contribution in [1.29, 1.82) is 0 Å². The van der Waals surface area contributed by atoms with Crippen LogP contribution in [0.1, 0.15) is 32.1 Å². The predicted octanol–water partition coefficient (Wildman–Crippen LogP) is 0.453. The lowest BCUT2D eigenvalue weighted by Crippen LogP contribution is -2.36. The van der Waals surface area contributed by atoms with Crippen LogP contribution in [-0.2, 0) is 52.2 Å². The van der Waals surface area contributed by atoms with Crippen LogP contribution in [0.4, 0.5) is 4.79 Å². The number of hydrogen-bond donors (Lipinski definition) is 4. The van der Waals surface area contributed by atoms with Gasteiger partial charge in [0, 0.05) is 24.0 Å². The molecule has 0 spiro atoms. The maximum absolute atomic E-state index is 12.0. The molecule has 2 saturated heterocycles. The van der Waals surface area contributed by atoms with Gasteiger partial charge in [-0.05, 0) is 12.8 Å². The number of hydrogen-bond acceptors (Lipinski definition) is 13. The monoisotopic (exact) mass is 711 g/mol. The highest BCUT2D eigenvalue weighted by atomic mass is 32.2. The standard InChI is InChI=1S/C31H57N3O13S/c35-28(4-2-1-3-27-30-26(25-48-27)33-31(38)34-30)32-6-8-40-10-12-42-14-16-44-18-20-46-22-24-47-23-21-45-19-17-43-15-13-41-11-9-39-7-5-29(36)37/h26-27,30H,1-25H2,(H,32,35)(H,36,37)(H2,33,34,38). The van der Waals surface area contributed by atoms with Crippen molar-refractivity contribution in [3.63, 3.8) is 0 Å². The fraction of sp³-hybridized carbons (Fsp3) is 0.903. The molecule has 2 aliphatic heterocycles. The molecule has 2 heterocycles. The van der Waals surface area contributed by atoms with Gasteiger partial charge in [0.25, 0.3) is 0 Å². The van der Waals surface area contributed by atoms with Crippen LogP contribution in [0.5, 0.6) is 0 Å². The van der Waals surface area contributed by atoms with E-state index in [4.69, 9.17) is 47.7 Å². The minimum atomic E-state index is -0.878. The summed E-state index contributed by atoms with van der Waals surface area (Å²) >= 11 is 1.90. The zero-order valence-electron chi connectivity index (χ0n) is 28.2. The van der Waals surface area contributed by atoms with E-state index in [2.05, 4.69) is 16.0 Å². The van der Waals surface area contributed by atoms with Gasteiger partial charge >= 0.3 is 12.0 Å². The van der Waals surface area contributed by atoms with Gasteiger partial charge in [0.05, 0.1) is 137 Å². The smallest absolute Gasteiger partial charge is 0.315 e. The molecule has 0 aromatic heterocycles. The van der Waals surface area contributed by atoms with Crippen LogP contribution in [0, 0.1) is 0 Å². The third kappa shape index (κ3) is 23.5. The quantitative estimate of drug-likeness (QED) is 0.0524. The Hall–Kier alpha value is -1.80. The molecule has 48 heavy (non-hydrogen) atoms. The van der Waals surface area contributed by atoms with Crippen molar-refractivity contribution in [3.05, 3.63) is 0 Å². The third-order valence-corrected chi connectivity index (χ3v) is 8.59. The fourth-order valence-corrected chi connectivity index (χ4v) is 6.19. The number of amides is 3. The number of unbranched alkanes of at least 4 members (excludes halogenated alkanes) is 1. The maximum atomic E-state index is 12.0. The summed E-state index contributed by atoms with van der Waals surface area (Å²) in [6.07, 6.45) is 3.32. The Labute approximate surface area is 288 Å². The summed E-state index contributed by atoms with van der Waals surface area (Å²) in [4.78, 5) is 33.8. The summed E-state index contributed by atoms with van der Waals surface area (Å²) < 4.78 is 48.6. The Kier molecular flexibility index (Phi) is 26.5. The number of carboxylic acids is 1. The number of urea groups is 1. The van der Waals surface area contributed by atoms with Crippen molar-refractivity contribution in [2.24, 2.45) is 0 Å². The summed E-state index contributed by atoms with van der Waals surface area (Å²) in [5.74, 6) is 0.118. The van der Waals surface area contributed by atoms with E-state index in [-0.39, 0.29) is 37.0 Å². The van der Waals surface area contributed by atoms with Gasteiger partial charge in [0.1, 0.15) is 0 Å². The summed E-state index contributed by atoms with van der Waals surface area (Å²) in [6.45, 7) is 8.42. The second-order valence-corrected chi connectivity index (χ2v) is 12.1. The number of nitrogens with one attached hydrogen (secondary N) is 3. The van der Waals surface area contributed by atoms with Gasteiger partial charge in [0.15, 0.2) is 0 Å². The van der Waals surface area contributed by atoms with Crippen LogP contribution >= 0.6 is 11.8 Å². The van der Waals surface area contributed by atoms with Gasteiger partial charge in [0.2, 0.25) is 5.91 Å². The molecule has 2 rings (SSSR count). The van der Waals surface area contributed by atoms with Crippen LogP contribution in [0.3, 0.4) is 0 Å². The number of fused-ring (bicyclic) bond motifs is 1. The van der Waals surface area contributed by atoms with Crippen molar-refractivity contribution < 1.29 is 62.1 Å². The summed E-state index contributed by atoms with van der Waals surface area (Å²) in [5.41, 5.74) is 0. The molecule has 4 N–H and O–H groups in total. The molecule has 0 aliphatic carbocycles. The minimum Gasteiger partial charge on any atom is -0.481 e. The fourth-order valence-electron chi connectivity index (χ4n) is 4.65. The average molecular weight is 712 g/mol. The first-order chi connectivity index (χ1) is 23.6. The molecule has 0 aromatic rings. The lowest BCUT2D eigenvalue weighted by Gasteiger charge is -2.16. The third-order valence-electron chi connectivity index (χ3n) is 7.09. The Morgan fingerprint density at radius 1 is 0.625 bits per heavy atom. The van der Waals surface area contributed by atoms with Gasteiger partial charge in [-0.3, -0.25) is 9.59 Å². The lowest BCUT2D eigenvalue weighted by atomic mass is 10.0. The first-order valence-corrected chi connectivity index (χ1v) is 18.0. The van der Waals surface area contributed by atoms with Crippen LogP contribution in [0.25, 0.3) is 0 Å². The molecule has 0 bridgehead atoms.